The summed E-state index contributed by atoms with van der Waals surface area (Å²) in [5.74, 6) is -0.465. The Bertz CT molecular complexity index is 1360. The van der Waals surface area contributed by atoms with Crippen LogP contribution in [0.1, 0.15) is 42.6 Å². The van der Waals surface area contributed by atoms with Crippen molar-refractivity contribution >= 4 is 71.7 Å². The molecule has 0 saturated carbocycles. The number of hydrogen-bond donors (Lipinski definition) is 2. The third-order valence-electron chi connectivity index (χ3n) is 8.63. The molecule has 3 aliphatic rings. The van der Waals surface area contributed by atoms with E-state index in [9.17, 15) is 19.5 Å². The lowest BCUT2D eigenvalue weighted by atomic mass is 9.92. The van der Waals surface area contributed by atoms with Gasteiger partial charge in [-0.05, 0) is 56.2 Å². The maximum absolute atomic E-state index is 13.2. The molecule has 0 aromatic heterocycles. The molecular formula is C30H38Cl3N5O4S. The molecule has 1 atom stereocenters. The number of aliphatic hydroxyl groups is 1. The molecule has 0 bridgehead atoms. The maximum atomic E-state index is 13.2. The summed E-state index contributed by atoms with van der Waals surface area (Å²) in [6.45, 7) is 7.92. The zero-order valence-corrected chi connectivity index (χ0v) is 27.6. The highest BCUT2D eigenvalue weighted by molar-refractivity contribution is 7.59. The second-order valence-corrected chi connectivity index (χ2v) is 12.8. The fraction of sp³-hybridized carbons (Fsp3) is 0.500. The summed E-state index contributed by atoms with van der Waals surface area (Å²) in [6.07, 6.45) is 1.64. The summed E-state index contributed by atoms with van der Waals surface area (Å²) in [7, 11) is 0. The second kappa shape index (κ2) is 13.8. The van der Waals surface area contributed by atoms with Gasteiger partial charge in [-0.1, -0.05) is 34.8 Å². The van der Waals surface area contributed by atoms with Crippen molar-refractivity contribution in [1.29, 1.82) is 0 Å². The monoisotopic (exact) mass is 669 g/mol. The smallest absolute Gasteiger partial charge is 0.258 e. The average Bonchev–Trinajstić information content (AvgIpc) is 2.95. The molecule has 3 fully saturated rings. The van der Waals surface area contributed by atoms with Gasteiger partial charge < -0.3 is 25.1 Å². The van der Waals surface area contributed by atoms with Gasteiger partial charge in [0.15, 0.2) is 5.60 Å². The Hall–Kier alpha value is -2.21. The highest BCUT2D eigenvalue weighted by Crippen LogP contribution is 2.34. The van der Waals surface area contributed by atoms with E-state index < -0.39 is 5.60 Å². The molecule has 3 saturated heterocycles. The molecule has 3 heterocycles. The lowest BCUT2D eigenvalue weighted by Gasteiger charge is -2.48. The molecule has 2 aromatic rings. The first kappa shape index (κ1) is 33.7. The molecule has 9 nitrogen and oxygen atoms in total. The molecule has 43 heavy (non-hydrogen) atoms. The van der Waals surface area contributed by atoms with E-state index in [2.05, 4.69) is 10.2 Å². The van der Waals surface area contributed by atoms with E-state index in [1.54, 1.807) is 52.0 Å². The van der Waals surface area contributed by atoms with Crippen LogP contribution >= 0.6 is 48.3 Å². The number of nitrogens with zero attached hydrogens (tertiary/aromatic N) is 4. The van der Waals surface area contributed by atoms with Gasteiger partial charge >= 0.3 is 0 Å². The van der Waals surface area contributed by atoms with Gasteiger partial charge in [-0.3, -0.25) is 19.3 Å². The number of amides is 3. The fourth-order valence-electron chi connectivity index (χ4n) is 6.04. The summed E-state index contributed by atoms with van der Waals surface area (Å²) in [5.41, 5.74) is -0.117. The number of piperidine rings is 1. The molecule has 2 N–H and O–H groups in total. The molecule has 0 aliphatic carbocycles. The number of benzene rings is 2. The quantitative estimate of drug-likeness (QED) is 0.482. The molecule has 0 unspecified atom stereocenters. The van der Waals surface area contributed by atoms with Crippen molar-refractivity contribution in [2.45, 2.75) is 44.4 Å². The van der Waals surface area contributed by atoms with Crippen LogP contribution in [0, 0.1) is 0 Å². The molecule has 0 spiro atoms. The molecule has 234 valence electrons. The molecule has 0 radical (unpaired) electrons. The SMILES string of the molecule is CC(=O)N1CCN(C(=O)c2ccc(NC3CN(C4CCN(C(=O)[C@@](C)(O)c5cc(Cl)ccc5Cl)CC4)C3)cc2Cl)CC1.S. The Labute approximate surface area is 274 Å². The van der Waals surface area contributed by atoms with Crippen LogP contribution in [0.5, 0.6) is 0 Å². The van der Waals surface area contributed by atoms with Crippen LogP contribution in [0.25, 0.3) is 0 Å². The van der Waals surface area contributed by atoms with Gasteiger partial charge in [0.05, 0.1) is 16.6 Å². The molecular weight excluding hydrogens is 633 g/mol. The zero-order chi connectivity index (χ0) is 30.2. The summed E-state index contributed by atoms with van der Waals surface area (Å²) >= 11 is 18.9. The summed E-state index contributed by atoms with van der Waals surface area (Å²) < 4.78 is 0. The lowest BCUT2D eigenvalue weighted by Crippen LogP contribution is -2.61. The van der Waals surface area contributed by atoms with Crippen LogP contribution in [0.15, 0.2) is 36.4 Å². The van der Waals surface area contributed by atoms with Gasteiger partial charge in [0.2, 0.25) is 5.91 Å². The number of anilines is 1. The predicted molar refractivity (Wildman–Crippen MR) is 175 cm³/mol. The van der Waals surface area contributed by atoms with Crippen LogP contribution in [-0.2, 0) is 15.2 Å². The van der Waals surface area contributed by atoms with E-state index in [1.165, 1.54) is 6.92 Å². The van der Waals surface area contributed by atoms with Crippen molar-refractivity contribution in [2.24, 2.45) is 0 Å². The van der Waals surface area contributed by atoms with Gasteiger partial charge in [0.25, 0.3) is 11.8 Å². The number of likely N-dealkylation sites (tertiary alicyclic amines) is 2. The normalized spacial score (nSPS) is 19.7. The van der Waals surface area contributed by atoms with E-state index in [1.807, 2.05) is 6.07 Å². The third kappa shape index (κ3) is 7.37. The number of nitrogens with one attached hydrogen (secondary N) is 1. The lowest BCUT2D eigenvalue weighted by molar-refractivity contribution is -0.152. The van der Waals surface area contributed by atoms with E-state index in [0.29, 0.717) is 71.5 Å². The molecule has 2 aromatic carbocycles. The number of rotatable bonds is 6. The van der Waals surface area contributed by atoms with E-state index in [0.717, 1.165) is 31.6 Å². The van der Waals surface area contributed by atoms with E-state index in [-0.39, 0.29) is 37.3 Å². The Morgan fingerprint density at radius 2 is 1.49 bits per heavy atom. The minimum absolute atomic E-state index is 0. The Morgan fingerprint density at radius 3 is 2.09 bits per heavy atom. The number of piperazine rings is 1. The highest BCUT2D eigenvalue weighted by atomic mass is 35.5. The summed E-state index contributed by atoms with van der Waals surface area (Å²) in [6, 6.07) is 10.8. The first-order chi connectivity index (χ1) is 19.9. The van der Waals surface area contributed by atoms with Gasteiger partial charge in [0.1, 0.15) is 0 Å². The number of carbonyl (C=O) groups excluding carboxylic acids is 3. The Kier molecular flexibility index (Phi) is 10.8. The van der Waals surface area contributed by atoms with Crippen LogP contribution in [-0.4, -0.2) is 107 Å². The van der Waals surface area contributed by atoms with Crippen molar-refractivity contribution in [1.82, 2.24) is 19.6 Å². The zero-order valence-electron chi connectivity index (χ0n) is 24.3. The minimum atomic E-state index is -1.76. The van der Waals surface area contributed by atoms with Gasteiger partial charge in [-0.25, -0.2) is 0 Å². The van der Waals surface area contributed by atoms with Gasteiger partial charge in [0, 0.05) is 86.6 Å². The van der Waals surface area contributed by atoms with Crippen molar-refractivity contribution in [3.63, 3.8) is 0 Å². The predicted octanol–water partition coefficient (Wildman–Crippen LogP) is 4.06. The number of carbonyl (C=O) groups is 3. The van der Waals surface area contributed by atoms with Crippen LogP contribution < -0.4 is 5.32 Å². The average molecular weight is 671 g/mol. The van der Waals surface area contributed by atoms with Crippen molar-refractivity contribution in [2.75, 3.05) is 57.7 Å². The highest BCUT2D eigenvalue weighted by Gasteiger charge is 2.41. The van der Waals surface area contributed by atoms with Crippen molar-refractivity contribution in [3.05, 3.63) is 62.6 Å². The largest absolute Gasteiger partial charge is 0.380 e. The minimum Gasteiger partial charge on any atom is -0.380 e. The van der Waals surface area contributed by atoms with Crippen molar-refractivity contribution in [3.8, 4) is 0 Å². The molecule has 3 amide bonds. The number of hydrogen-bond acceptors (Lipinski definition) is 6. The standard InChI is InChI=1S/C30H36Cl3N5O4.H2S/c1-19(39)35-11-13-36(14-12-35)28(40)24-5-4-21(16-27(24)33)34-22-17-38(18-22)23-7-9-37(10-8-23)29(41)30(2,42)25-15-20(31)3-6-26(25)32;/h3-6,15-16,22-23,34,42H,7-14,17-18H2,1-2H3;1H2/t30-;/m0./s1. The van der Waals surface area contributed by atoms with Gasteiger partial charge in [-0.15, -0.1) is 0 Å². The first-order valence-corrected chi connectivity index (χ1v) is 15.4. The van der Waals surface area contributed by atoms with Crippen molar-refractivity contribution < 1.29 is 19.5 Å². The Morgan fingerprint density at radius 1 is 0.860 bits per heavy atom. The Balaban J connectivity index is 0.00000423. The maximum Gasteiger partial charge on any atom is 0.258 e. The van der Waals surface area contributed by atoms with E-state index in [4.69, 9.17) is 34.8 Å². The molecule has 13 heteroatoms. The van der Waals surface area contributed by atoms with E-state index >= 15 is 0 Å². The number of halogens is 3. The van der Waals surface area contributed by atoms with Crippen LogP contribution in [0.3, 0.4) is 0 Å². The first-order valence-electron chi connectivity index (χ1n) is 14.3. The fourth-order valence-corrected chi connectivity index (χ4v) is 6.77. The summed E-state index contributed by atoms with van der Waals surface area (Å²) in [5, 5.41) is 15.7. The topological polar surface area (TPSA) is 96.4 Å². The van der Waals surface area contributed by atoms with Crippen LogP contribution in [0.4, 0.5) is 5.69 Å². The molecule has 3 aliphatic heterocycles. The molecule has 5 rings (SSSR count). The van der Waals surface area contributed by atoms with Crippen LogP contribution in [0.2, 0.25) is 15.1 Å². The van der Waals surface area contributed by atoms with Gasteiger partial charge in [-0.2, -0.15) is 13.5 Å². The third-order valence-corrected chi connectivity index (χ3v) is 9.51. The second-order valence-electron chi connectivity index (χ2n) is 11.5. The summed E-state index contributed by atoms with van der Waals surface area (Å²) in [4.78, 5) is 45.4.